The van der Waals surface area contributed by atoms with Gasteiger partial charge >= 0.3 is 0 Å². The molecule has 4 heteroatoms. The number of aromatic nitrogens is 1. The van der Waals surface area contributed by atoms with Gasteiger partial charge in [-0.15, -0.1) is 0 Å². The third-order valence-corrected chi connectivity index (χ3v) is 0.809. The molecule has 1 heterocycles. The van der Waals surface area contributed by atoms with Crippen LogP contribution < -0.4 is 0 Å². The zero-order valence-electron chi connectivity index (χ0n) is 3.27. The minimum Gasteiger partial charge on any atom is -0.386 e. The van der Waals surface area contributed by atoms with E-state index < -0.39 is 5.82 Å². The van der Waals surface area contributed by atoms with Crippen molar-refractivity contribution in [3.8, 4) is 0 Å². The van der Waals surface area contributed by atoms with Crippen LogP contribution in [0, 0.1) is 10.5 Å². The summed E-state index contributed by atoms with van der Waals surface area (Å²) in [6.45, 7) is 0. The number of nitrogens with one attached hydrogen (secondary N) is 1. The maximum atomic E-state index is 11.8. The van der Waals surface area contributed by atoms with E-state index in [1.807, 2.05) is 0 Å². The lowest BCUT2D eigenvalue weighted by Crippen LogP contribution is -1.60. The summed E-state index contributed by atoms with van der Waals surface area (Å²) < 4.78 is 16.1. The Bertz CT molecular complexity index is 203. The van der Waals surface area contributed by atoms with E-state index in [0.717, 1.165) is 6.26 Å². The summed E-state index contributed by atoms with van der Waals surface area (Å²) in [6.07, 6.45) is 0.919. The summed E-state index contributed by atoms with van der Waals surface area (Å²) >= 11 is 4.36. The largest absolute Gasteiger partial charge is 0.386 e. The fourth-order valence-corrected chi connectivity index (χ4v) is 0.333. The van der Waals surface area contributed by atoms with Crippen molar-refractivity contribution in [2.24, 2.45) is 0 Å². The standard InChI is InChI=1S/C3H2FNOS/c4-2-1-6-5-3(2)7/h1H,(H,5,7). The van der Waals surface area contributed by atoms with Crippen LogP contribution in [0.5, 0.6) is 0 Å². The average Bonchev–Trinajstić information content (AvgIpc) is 1.91. The summed E-state index contributed by atoms with van der Waals surface area (Å²) in [5.74, 6) is -0.519. The van der Waals surface area contributed by atoms with Crippen LogP contribution >= 0.6 is 12.2 Å². The lowest BCUT2D eigenvalue weighted by Gasteiger charge is -1.60. The molecule has 7 heavy (non-hydrogen) atoms. The molecule has 2 nitrogen and oxygen atoms in total. The minimum atomic E-state index is -0.519. The van der Waals surface area contributed by atoms with E-state index in [9.17, 15) is 4.39 Å². The highest BCUT2D eigenvalue weighted by Gasteiger charge is 1.90. The van der Waals surface area contributed by atoms with Gasteiger partial charge in [-0.1, -0.05) is 12.2 Å². The molecule has 1 aromatic rings. The highest BCUT2D eigenvalue weighted by molar-refractivity contribution is 7.71. The van der Waals surface area contributed by atoms with E-state index in [1.54, 1.807) is 0 Å². The molecule has 0 fully saturated rings. The summed E-state index contributed by atoms with van der Waals surface area (Å²) in [4.78, 5) is 0. The molecule has 0 unspecified atom stereocenters. The van der Waals surface area contributed by atoms with Gasteiger partial charge in [0.15, 0.2) is 16.7 Å². The molecule has 0 saturated carbocycles. The van der Waals surface area contributed by atoms with E-state index >= 15 is 0 Å². The first-order chi connectivity index (χ1) is 3.30. The van der Waals surface area contributed by atoms with E-state index in [2.05, 4.69) is 21.9 Å². The number of aromatic amines is 1. The van der Waals surface area contributed by atoms with Crippen molar-refractivity contribution in [2.75, 3.05) is 0 Å². The van der Waals surface area contributed by atoms with Crippen LogP contribution in [0.2, 0.25) is 0 Å². The first kappa shape index (κ1) is 4.52. The van der Waals surface area contributed by atoms with Gasteiger partial charge in [0.05, 0.1) is 0 Å². The Labute approximate surface area is 43.9 Å². The summed E-state index contributed by atoms with van der Waals surface area (Å²) in [5.41, 5.74) is 0. The Morgan fingerprint density at radius 1 is 1.86 bits per heavy atom. The predicted molar refractivity (Wildman–Crippen MR) is 23.9 cm³/mol. The van der Waals surface area contributed by atoms with E-state index in [-0.39, 0.29) is 4.64 Å². The quantitative estimate of drug-likeness (QED) is 0.524. The zero-order valence-corrected chi connectivity index (χ0v) is 4.09. The van der Waals surface area contributed by atoms with Gasteiger partial charge in [-0.3, -0.25) is 0 Å². The maximum Gasteiger partial charge on any atom is 0.198 e. The van der Waals surface area contributed by atoms with Crippen LogP contribution in [0.4, 0.5) is 4.39 Å². The second-order valence-electron chi connectivity index (χ2n) is 1.01. The molecular formula is C3H2FNOS. The smallest absolute Gasteiger partial charge is 0.198 e. The van der Waals surface area contributed by atoms with E-state index in [1.165, 1.54) is 0 Å². The van der Waals surface area contributed by atoms with Gasteiger partial charge < -0.3 is 4.52 Å². The Morgan fingerprint density at radius 3 is 2.71 bits per heavy atom. The molecule has 0 amide bonds. The fourth-order valence-electron chi connectivity index (χ4n) is 0.237. The second-order valence-corrected chi connectivity index (χ2v) is 1.42. The van der Waals surface area contributed by atoms with Crippen molar-refractivity contribution in [1.29, 1.82) is 0 Å². The van der Waals surface area contributed by atoms with Gasteiger partial charge in [-0.05, 0) is 0 Å². The van der Waals surface area contributed by atoms with Crippen molar-refractivity contribution in [1.82, 2.24) is 5.16 Å². The average molecular weight is 119 g/mol. The SMILES string of the molecule is Fc1co[nH]c1=S. The highest BCUT2D eigenvalue weighted by Crippen LogP contribution is 1.94. The molecule has 38 valence electrons. The van der Waals surface area contributed by atoms with Gasteiger partial charge in [0.1, 0.15) is 0 Å². The Balaban J connectivity index is 3.39. The van der Waals surface area contributed by atoms with Gasteiger partial charge in [0.25, 0.3) is 0 Å². The van der Waals surface area contributed by atoms with E-state index in [0.29, 0.717) is 0 Å². The number of halogens is 1. The molecule has 1 aromatic heterocycles. The molecule has 0 aromatic carbocycles. The van der Waals surface area contributed by atoms with Crippen LogP contribution in [-0.2, 0) is 0 Å². The Hall–Kier alpha value is -0.640. The molecule has 0 saturated heterocycles. The van der Waals surface area contributed by atoms with Crippen LogP contribution in [0.25, 0.3) is 0 Å². The third kappa shape index (κ3) is 0.691. The van der Waals surface area contributed by atoms with Gasteiger partial charge in [0, 0.05) is 0 Å². The normalized spacial score (nSPS) is 9.29. The zero-order chi connectivity index (χ0) is 5.28. The Morgan fingerprint density at radius 2 is 2.57 bits per heavy atom. The van der Waals surface area contributed by atoms with Crippen LogP contribution in [-0.4, -0.2) is 5.16 Å². The third-order valence-electron chi connectivity index (χ3n) is 0.531. The number of hydrogen-bond acceptors (Lipinski definition) is 2. The fraction of sp³-hybridized carbons (Fsp3) is 0. The Kier molecular flexibility index (Phi) is 0.941. The van der Waals surface area contributed by atoms with Crippen molar-refractivity contribution in [2.45, 2.75) is 0 Å². The molecule has 0 bridgehead atoms. The number of H-pyrrole nitrogens is 1. The van der Waals surface area contributed by atoms with Crippen molar-refractivity contribution in [3.05, 3.63) is 16.7 Å². The van der Waals surface area contributed by atoms with Gasteiger partial charge in [-0.25, -0.2) is 9.55 Å². The van der Waals surface area contributed by atoms with Crippen LogP contribution in [0.1, 0.15) is 0 Å². The number of rotatable bonds is 0. The first-order valence-electron chi connectivity index (χ1n) is 1.62. The molecule has 0 aliphatic rings. The molecule has 1 N–H and O–H groups in total. The summed E-state index contributed by atoms with van der Waals surface area (Å²) in [7, 11) is 0. The molecule has 0 spiro atoms. The topological polar surface area (TPSA) is 28.9 Å². The van der Waals surface area contributed by atoms with E-state index in [4.69, 9.17) is 0 Å². The highest BCUT2D eigenvalue weighted by atomic mass is 32.1. The van der Waals surface area contributed by atoms with Gasteiger partial charge in [-0.2, -0.15) is 0 Å². The monoisotopic (exact) mass is 119 g/mol. The molecule has 0 aliphatic carbocycles. The van der Waals surface area contributed by atoms with Crippen molar-refractivity contribution < 1.29 is 8.91 Å². The van der Waals surface area contributed by atoms with Crippen LogP contribution in [0.15, 0.2) is 10.8 Å². The predicted octanol–water partition coefficient (Wildman–Crippen LogP) is 1.48. The van der Waals surface area contributed by atoms with Crippen LogP contribution in [0.3, 0.4) is 0 Å². The number of hydrogen-bond donors (Lipinski definition) is 1. The van der Waals surface area contributed by atoms with Crippen molar-refractivity contribution >= 4 is 12.2 Å². The maximum absolute atomic E-state index is 11.8. The second kappa shape index (κ2) is 1.46. The molecule has 1 rings (SSSR count). The molecular weight excluding hydrogens is 117 g/mol. The lowest BCUT2D eigenvalue weighted by atomic mass is 10.7. The molecule has 0 aliphatic heterocycles. The molecule has 0 atom stereocenters. The van der Waals surface area contributed by atoms with Gasteiger partial charge in [0.2, 0.25) is 0 Å². The molecule has 0 radical (unpaired) electrons. The minimum absolute atomic E-state index is 0.0139. The summed E-state index contributed by atoms with van der Waals surface area (Å²) in [6, 6.07) is 0. The van der Waals surface area contributed by atoms with Crippen molar-refractivity contribution in [3.63, 3.8) is 0 Å². The summed E-state index contributed by atoms with van der Waals surface area (Å²) in [5, 5.41) is 2.13. The first-order valence-corrected chi connectivity index (χ1v) is 2.03. The lowest BCUT2D eigenvalue weighted by molar-refractivity contribution is 0.412.